The van der Waals surface area contributed by atoms with Crippen molar-refractivity contribution in [2.75, 3.05) is 6.54 Å². The number of benzene rings is 1. The molecule has 0 heterocycles. The third-order valence-corrected chi connectivity index (χ3v) is 3.35. The second kappa shape index (κ2) is 5.14. The van der Waals surface area contributed by atoms with Crippen molar-refractivity contribution in [2.24, 2.45) is 11.7 Å². The molecule has 5 heteroatoms. The zero-order valence-electron chi connectivity index (χ0n) is 9.25. The molecule has 0 saturated heterocycles. The number of halogens is 2. The molecule has 1 aromatic rings. The molecule has 3 N–H and O–H groups in total. The van der Waals surface area contributed by atoms with Crippen molar-refractivity contribution in [1.29, 1.82) is 0 Å². The van der Waals surface area contributed by atoms with E-state index in [0.29, 0.717) is 18.0 Å². The van der Waals surface area contributed by atoms with Gasteiger partial charge in [-0.05, 0) is 43.5 Å². The van der Waals surface area contributed by atoms with E-state index in [0.717, 1.165) is 4.47 Å². The summed E-state index contributed by atoms with van der Waals surface area (Å²) in [5.74, 6) is -0.366. The van der Waals surface area contributed by atoms with E-state index in [1.807, 2.05) is 0 Å². The van der Waals surface area contributed by atoms with Crippen LogP contribution in [0.2, 0.25) is 0 Å². The molecule has 0 radical (unpaired) electrons. The van der Waals surface area contributed by atoms with E-state index in [1.165, 1.54) is 18.9 Å². The SMILES string of the molecule is NC(=O)C(NCC1CC1)c1cc(Br)ccc1F. The van der Waals surface area contributed by atoms with Gasteiger partial charge in [0.05, 0.1) is 0 Å². The molecule has 1 saturated carbocycles. The summed E-state index contributed by atoms with van der Waals surface area (Å²) >= 11 is 3.26. The van der Waals surface area contributed by atoms with Gasteiger partial charge in [0.15, 0.2) is 0 Å². The maximum absolute atomic E-state index is 13.7. The largest absolute Gasteiger partial charge is 0.368 e. The maximum Gasteiger partial charge on any atom is 0.239 e. The number of rotatable bonds is 5. The topological polar surface area (TPSA) is 55.1 Å². The van der Waals surface area contributed by atoms with Crippen LogP contribution in [-0.2, 0) is 4.79 Å². The molecule has 92 valence electrons. The van der Waals surface area contributed by atoms with Crippen LogP contribution in [-0.4, -0.2) is 12.5 Å². The highest BCUT2D eigenvalue weighted by atomic mass is 79.9. The Hall–Kier alpha value is -0.940. The zero-order chi connectivity index (χ0) is 12.4. The monoisotopic (exact) mass is 300 g/mol. The molecule has 0 spiro atoms. The van der Waals surface area contributed by atoms with Crippen LogP contribution in [0, 0.1) is 11.7 Å². The third-order valence-electron chi connectivity index (χ3n) is 2.86. The first kappa shape index (κ1) is 12.5. The highest BCUT2D eigenvalue weighted by Crippen LogP contribution is 2.29. The Bertz CT molecular complexity index is 435. The van der Waals surface area contributed by atoms with Crippen LogP contribution in [0.15, 0.2) is 22.7 Å². The van der Waals surface area contributed by atoms with E-state index < -0.39 is 17.8 Å². The van der Waals surface area contributed by atoms with Crippen LogP contribution in [0.3, 0.4) is 0 Å². The third kappa shape index (κ3) is 3.26. The van der Waals surface area contributed by atoms with Gasteiger partial charge in [-0.15, -0.1) is 0 Å². The fourth-order valence-corrected chi connectivity index (χ4v) is 2.08. The lowest BCUT2D eigenvalue weighted by molar-refractivity contribution is -0.120. The number of carbonyl (C=O) groups excluding carboxylic acids is 1. The molecule has 1 aliphatic rings. The predicted molar refractivity (Wildman–Crippen MR) is 66.8 cm³/mol. The lowest BCUT2D eigenvalue weighted by atomic mass is 10.1. The number of primary amides is 1. The smallest absolute Gasteiger partial charge is 0.239 e. The van der Waals surface area contributed by atoms with Crippen LogP contribution in [0.25, 0.3) is 0 Å². The fourth-order valence-electron chi connectivity index (χ4n) is 1.71. The van der Waals surface area contributed by atoms with Crippen molar-refractivity contribution in [3.05, 3.63) is 34.1 Å². The number of amides is 1. The van der Waals surface area contributed by atoms with Gasteiger partial charge < -0.3 is 11.1 Å². The molecule has 1 unspecified atom stereocenters. The lowest BCUT2D eigenvalue weighted by Gasteiger charge is -2.16. The Morgan fingerprint density at radius 1 is 1.59 bits per heavy atom. The summed E-state index contributed by atoms with van der Waals surface area (Å²) in [6.45, 7) is 0.708. The molecule has 1 aromatic carbocycles. The van der Waals surface area contributed by atoms with E-state index in [1.54, 1.807) is 12.1 Å². The molecule has 2 rings (SSSR count). The number of carbonyl (C=O) groups is 1. The highest BCUT2D eigenvalue weighted by molar-refractivity contribution is 9.10. The van der Waals surface area contributed by atoms with Crippen molar-refractivity contribution >= 4 is 21.8 Å². The van der Waals surface area contributed by atoms with Crippen LogP contribution in [0.5, 0.6) is 0 Å². The Morgan fingerprint density at radius 3 is 2.88 bits per heavy atom. The van der Waals surface area contributed by atoms with Crippen LogP contribution < -0.4 is 11.1 Å². The molecule has 1 atom stereocenters. The van der Waals surface area contributed by atoms with E-state index in [-0.39, 0.29) is 0 Å². The van der Waals surface area contributed by atoms with Gasteiger partial charge in [0, 0.05) is 10.0 Å². The van der Waals surface area contributed by atoms with Gasteiger partial charge in [0.2, 0.25) is 5.91 Å². The fraction of sp³-hybridized carbons (Fsp3) is 0.417. The standard InChI is InChI=1S/C12H14BrFN2O/c13-8-3-4-10(14)9(5-8)11(12(15)17)16-6-7-1-2-7/h3-5,7,11,16H,1-2,6H2,(H2,15,17). The van der Waals surface area contributed by atoms with Gasteiger partial charge in [0.1, 0.15) is 11.9 Å². The quantitative estimate of drug-likeness (QED) is 0.875. The van der Waals surface area contributed by atoms with E-state index >= 15 is 0 Å². The van der Waals surface area contributed by atoms with Crippen LogP contribution >= 0.6 is 15.9 Å². The first-order valence-corrected chi connectivity index (χ1v) is 6.35. The zero-order valence-corrected chi connectivity index (χ0v) is 10.8. The van der Waals surface area contributed by atoms with Crippen molar-refractivity contribution < 1.29 is 9.18 Å². The maximum atomic E-state index is 13.7. The van der Waals surface area contributed by atoms with Gasteiger partial charge >= 0.3 is 0 Å². The first-order valence-electron chi connectivity index (χ1n) is 5.55. The Balaban J connectivity index is 2.17. The molecule has 0 aliphatic heterocycles. The number of nitrogens with one attached hydrogen (secondary N) is 1. The van der Waals surface area contributed by atoms with Crippen molar-refractivity contribution in [2.45, 2.75) is 18.9 Å². The summed E-state index contributed by atoms with van der Waals surface area (Å²) < 4.78 is 14.4. The van der Waals surface area contributed by atoms with Gasteiger partial charge in [-0.3, -0.25) is 4.79 Å². The summed E-state index contributed by atoms with van der Waals surface area (Å²) in [6.07, 6.45) is 2.33. The van der Waals surface area contributed by atoms with E-state index in [9.17, 15) is 9.18 Å². The highest BCUT2D eigenvalue weighted by Gasteiger charge is 2.26. The summed E-state index contributed by atoms with van der Waals surface area (Å²) in [5, 5.41) is 3.03. The number of hydrogen-bond donors (Lipinski definition) is 2. The van der Waals surface area contributed by atoms with Gasteiger partial charge in [-0.25, -0.2) is 4.39 Å². The van der Waals surface area contributed by atoms with E-state index in [4.69, 9.17) is 5.73 Å². The second-order valence-corrected chi connectivity index (χ2v) is 5.27. The minimum Gasteiger partial charge on any atom is -0.368 e. The minimum absolute atomic E-state index is 0.299. The molecule has 3 nitrogen and oxygen atoms in total. The van der Waals surface area contributed by atoms with Crippen molar-refractivity contribution in [3.63, 3.8) is 0 Å². The summed E-state index contributed by atoms with van der Waals surface area (Å²) in [6, 6.07) is 3.75. The molecule has 0 bridgehead atoms. The number of hydrogen-bond acceptors (Lipinski definition) is 2. The van der Waals surface area contributed by atoms with Crippen LogP contribution in [0.4, 0.5) is 4.39 Å². The average Bonchev–Trinajstić information content (AvgIpc) is 3.06. The number of nitrogens with two attached hydrogens (primary N) is 1. The predicted octanol–water partition coefficient (Wildman–Crippen LogP) is 2.11. The normalized spacial score (nSPS) is 16.8. The van der Waals surface area contributed by atoms with E-state index in [2.05, 4.69) is 21.2 Å². The minimum atomic E-state index is -0.756. The Kier molecular flexibility index (Phi) is 3.79. The first-order chi connectivity index (χ1) is 8.08. The second-order valence-electron chi connectivity index (χ2n) is 4.35. The molecular formula is C12H14BrFN2O. The molecule has 0 aromatic heterocycles. The average molecular weight is 301 g/mol. The van der Waals surface area contributed by atoms with Crippen LogP contribution in [0.1, 0.15) is 24.4 Å². The molecule has 17 heavy (non-hydrogen) atoms. The van der Waals surface area contributed by atoms with Crippen molar-refractivity contribution in [3.8, 4) is 0 Å². The molecule has 1 fully saturated rings. The van der Waals surface area contributed by atoms with Crippen molar-refractivity contribution in [1.82, 2.24) is 5.32 Å². The Morgan fingerprint density at radius 2 is 2.29 bits per heavy atom. The molecule has 1 amide bonds. The van der Waals surface area contributed by atoms with Gasteiger partial charge in [0.25, 0.3) is 0 Å². The van der Waals surface area contributed by atoms with Gasteiger partial charge in [-0.1, -0.05) is 15.9 Å². The summed E-state index contributed by atoms with van der Waals surface area (Å²) in [5.41, 5.74) is 5.61. The summed E-state index contributed by atoms with van der Waals surface area (Å²) in [7, 11) is 0. The summed E-state index contributed by atoms with van der Waals surface area (Å²) in [4.78, 5) is 11.4. The Labute approximate surface area is 108 Å². The molecule has 1 aliphatic carbocycles. The molecular weight excluding hydrogens is 287 g/mol. The van der Waals surface area contributed by atoms with Gasteiger partial charge in [-0.2, -0.15) is 0 Å². The lowest BCUT2D eigenvalue weighted by Crippen LogP contribution is -2.35.